The molecule has 1 amide bonds. The Labute approximate surface area is 198 Å². The van der Waals surface area contributed by atoms with E-state index in [4.69, 9.17) is 4.74 Å². The van der Waals surface area contributed by atoms with Gasteiger partial charge < -0.3 is 10.1 Å². The molecule has 2 aliphatic rings. The zero-order valence-electron chi connectivity index (χ0n) is 19.1. The summed E-state index contributed by atoms with van der Waals surface area (Å²) in [6, 6.07) is 5.97. The van der Waals surface area contributed by atoms with Gasteiger partial charge in [0.25, 0.3) is 5.91 Å². The Balaban J connectivity index is 1.57. The molecule has 33 heavy (non-hydrogen) atoms. The number of anilines is 1. The average molecular weight is 492 g/mol. The van der Waals surface area contributed by atoms with Gasteiger partial charge in [-0.05, 0) is 62.6 Å². The van der Waals surface area contributed by atoms with Crippen molar-refractivity contribution < 1.29 is 22.7 Å². The van der Waals surface area contributed by atoms with Crippen LogP contribution < -0.4 is 5.32 Å². The normalized spacial score (nSPS) is 16.5. The molecule has 1 aliphatic carbocycles. The summed E-state index contributed by atoms with van der Waals surface area (Å²) in [5.41, 5.74) is 1.70. The topological polar surface area (TPSA) is 96.0 Å². The number of hydrogen-bond donors (Lipinski definition) is 1. The molecule has 2 heterocycles. The Morgan fingerprint density at radius 1 is 1.21 bits per heavy atom. The van der Waals surface area contributed by atoms with Crippen molar-refractivity contribution in [3.05, 3.63) is 45.8 Å². The van der Waals surface area contributed by atoms with Gasteiger partial charge in [0.2, 0.25) is 10.0 Å². The minimum Gasteiger partial charge on any atom is -0.462 e. The van der Waals surface area contributed by atoms with Crippen molar-refractivity contribution in [2.45, 2.75) is 50.6 Å². The largest absolute Gasteiger partial charge is 0.462 e. The van der Waals surface area contributed by atoms with E-state index in [1.807, 2.05) is 0 Å². The van der Waals surface area contributed by atoms with E-state index in [0.717, 1.165) is 49.3 Å². The molecule has 1 aromatic heterocycles. The average Bonchev–Trinajstić information content (AvgIpc) is 3.59. The van der Waals surface area contributed by atoms with E-state index >= 15 is 0 Å². The van der Waals surface area contributed by atoms with Gasteiger partial charge in [-0.2, -0.15) is 4.31 Å². The molecule has 1 fully saturated rings. The quantitative estimate of drug-likeness (QED) is 0.569. The van der Waals surface area contributed by atoms with Crippen LogP contribution in [0.5, 0.6) is 0 Å². The Morgan fingerprint density at radius 2 is 1.91 bits per heavy atom. The summed E-state index contributed by atoms with van der Waals surface area (Å²) >= 11 is 1.40. The number of thiophene rings is 1. The number of benzene rings is 1. The SMILES string of the molecule is CCOC(=O)c1c(NC(=O)c2ccc(S(=O)(=O)N(C)C3CC3)cc2)sc2c1CCN(CC)C2. The zero-order chi connectivity index (χ0) is 23.8. The highest BCUT2D eigenvalue weighted by Crippen LogP contribution is 2.38. The van der Waals surface area contributed by atoms with E-state index in [2.05, 4.69) is 17.1 Å². The fourth-order valence-corrected chi connectivity index (χ4v) is 6.68. The molecule has 1 N–H and O–H groups in total. The smallest absolute Gasteiger partial charge is 0.341 e. The Morgan fingerprint density at radius 3 is 2.52 bits per heavy atom. The molecule has 1 aromatic carbocycles. The maximum atomic E-state index is 13.0. The van der Waals surface area contributed by atoms with E-state index in [0.29, 0.717) is 16.1 Å². The molecule has 178 valence electrons. The first-order valence-corrected chi connectivity index (χ1v) is 13.4. The van der Waals surface area contributed by atoms with Crippen LogP contribution in [0.15, 0.2) is 29.2 Å². The summed E-state index contributed by atoms with van der Waals surface area (Å²) < 4.78 is 32.1. The third-order valence-electron chi connectivity index (χ3n) is 6.14. The van der Waals surface area contributed by atoms with Crippen LogP contribution in [0, 0.1) is 0 Å². The molecule has 0 unspecified atom stereocenters. The van der Waals surface area contributed by atoms with E-state index < -0.39 is 21.9 Å². The first-order chi connectivity index (χ1) is 15.8. The summed E-state index contributed by atoms with van der Waals surface area (Å²) in [4.78, 5) is 29.2. The lowest BCUT2D eigenvalue weighted by Crippen LogP contribution is -2.30. The molecule has 0 bridgehead atoms. The molecule has 0 saturated heterocycles. The van der Waals surface area contributed by atoms with Crippen molar-refractivity contribution >= 4 is 38.2 Å². The first-order valence-electron chi connectivity index (χ1n) is 11.2. The van der Waals surface area contributed by atoms with Gasteiger partial charge >= 0.3 is 5.97 Å². The third kappa shape index (κ3) is 4.84. The fourth-order valence-electron chi connectivity index (χ4n) is 3.99. The lowest BCUT2D eigenvalue weighted by atomic mass is 10.0. The molecule has 0 spiro atoms. The fraction of sp³-hybridized carbons (Fsp3) is 0.478. The summed E-state index contributed by atoms with van der Waals surface area (Å²) in [5, 5.41) is 3.34. The number of carbonyl (C=O) groups excluding carboxylic acids is 2. The van der Waals surface area contributed by atoms with Gasteiger partial charge in [-0.1, -0.05) is 6.92 Å². The Kier molecular flexibility index (Phi) is 6.90. The molecular weight excluding hydrogens is 462 g/mol. The van der Waals surface area contributed by atoms with Crippen LogP contribution >= 0.6 is 11.3 Å². The maximum Gasteiger partial charge on any atom is 0.341 e. The van der Waals surface area contributed by atoms with Gasteiger partial charge in [0.05, 0.1) is 17.1 Å². The van der Waals surface area contributed by atoms with Crippen LogP contribution in [0.3, 0.4) is 0 Å². The van der Waals surface area contributed by atoms with Gasteiger partial charge in [0.15, 0.2) is 0 Å². The number of carbonyl (C=O) groups is 2. The number of amides is 1. The number of hydrogen-bond acceptors (Lipinski definition) is 7. The van der Waals surface area contributed by atoms with Crippen molar-refractivity contribution in [1.29, 1.82) is 0 Å². The lowest BCUT2D eigenvalue weighted by Gasteiger charge is -2.25. The number of likely N-dealkylation sites (N-methyl/N-ethyl adjacent to an activating group) is 1. The van der Waals surface area contributed by atoms with Crippen LogP contribution in [0.1, 0.15) is 57.8 Å². The molecular formula is C23H29N3O5S2. The first kappa shape index (κ1) is 23.9. The number of esters is 1. The summed E-state index contributed by atoms with van der Waals surface area (Å²) in [6.45, 7) is 6.61. The number of rotatable bonds is 8. The molecule has 8 nitrogen and oxygen atoms in total. The minimum atomic E-state index is -3.57. The number of ether oxygens (including phenoxy) is 1. The van der Waals surface area contributed by atoms with Crippen molar-refractivity contribution in [1.82, 2.24) is 9.21 Å². The Bertz CT molecular complexity index is 1150. The van der Waals surface area contributed by atoms with Crippen LogP contribution in [0.25, 0.3) is 0 Å². The molecule has 0 radical (unpaired) electrons. The monoisotopic (exact) mass is 491 g/mol. The van der Waals surface area contributed by atoms with Gasteiger partial charge in [-0.3, -0.25) is 9.69 Å². The predicted octanol–water partition coefficient (Wildman–Crippen LogP) is 3.34. The highest BCUT2D eigenvalue weighted by molar-refractivity contribution is 7.89. The van der Waals surface area contributed by atoms with E-state index in [-0.39, 0.29) is 17.5 Å². The molecule has 1 aliphatic heterocycles. The van der Waals surface area contributed by atoms with Crippen molar-refractivity contribution in [2.75, 3.05) is 32.1 Å². The van der Waals surface area contributed by atoms with Gasteiger partial charge in [0, 0.05) is 36.6 Å². The second kappa shape index (κ2) is 9.54. The van der Waals surface area contributed by atoms with Crippen molar-refractivity contribution in [2.24, 2.45) is 0 Å². The summed E-state index contributed by atoms with van der Waals surface area (Å²) in [6.07, 6.45) is 2.48. The Hall–Kier alpha value is -2.27. The molecule has 10 heteroatoms. The molecule has 2 aromatic rings. The number of sulfonamides is 1. The minimum absolute atomic E-state index is 0.0627. The number of nitrogens with one attached hydrogen (secondary N) is 1. The van der Waals surface area contributed by atoms with E-state index in [9.17, 15) is 18.0 Å². The zero-order valence-corrected chi connectivity index (χ0v) is 20.7. The van der Waals surface area contributed by atoms with Crippen molar-refractivity contribution in [3.63, 3.8) is 0 Å². The van der Waals surface area contributed by atoms with Crippen LogP contribution in [-0.2, 0) is 27.7 Å². The standard InChI is InChI=1S/C23H29N3O5S2/c1-4-26-13-12-18-19(14-26)32-22(20(18)23(28)31-5-2)24-21(27)15-6-10-17(11-7-15)33(29,30)25(3)16-8-9-16/h6-7,10-11,16H,4-5,8-9,12-14H2,1-3H3,(H,24,27). The highest BCUT2D eigenvalue weighted by atomic mass is 32.2. The van der Waals surface area contributed by atoms with Gasteiger partial charge in [-0.15, -0.1) is 11.3 Å². The molecule has 4 rings (SSSR count). The maximum absolute atomic E-state index is 13.0. The lowest BCUT2D eigenvalue weighted by molar-refractivity contribution is 0.0526. The van der Waals surface area contributed by atoms with Gasteiger partial charge in [0.1, 0.15) is 5.00 Å². The summed E-state index contributed by atoms with van der Waals surface area (Å²) in [5.74, 6) is -0.828. The summed E-state index contributed by atoms with van der Waals surface area (Å²) in [7, 11) is -1.99. The van der Waals surface area contributed by atoms with Gasteiger partial charge in [-0.25, -0.2) is 13.2 Å². The second-order valence-electron chi connectivity index (χ2n) is 8.28. The number of fused-ring (bicyclic) bond motifs is 1. The van der Waals surface area contributed by atoms with Crippen molar-refractivity contribution in [3.8, 4) is 0 Å². The molecule has 1 saturated carbocycles. The van der Waals surface area contributed by atoms with E-state index in [1.165, 1.54) is 39.9 Å². The number of nitrogens with zero attached hydrogens (tertiary/aromatic N) is 2. The second-order valence-corrected chi connectivity index (χ2v) is 11.4. The van der Waals surface area contributed by atoms with Crippen LogP contribution in [0.4, 0.5) is 5.00 Å². The van der Waals surface area contributed by atoms with Crippen LogP contribution in [-0.4, -0.2) is 62.3 Å². The van der Waals surface area contributed by atoms with Crippen LogP contribution in [0.2, 0.25) is 0 Å². The van der Waals surface area contributed by atoms with E-state index in [1.54, 1.807) is 14.0 Å². The third-order valence-corrected chi connectivity index (χ3v) is 9.20. The highest BCUT2D eigenvalue weighted by Gasteiger charge is 2.35. The predicted molar refractivity (Wildman–Crippen MR) is 127 cm³/mol. The molecule has 0 atom stereocenters.